The third-order valence-corrected chi connectivity index (χ3v) is 1.21. The highest BCUT2D eigenvalue weighted by Gasteiger charge is 2.41. The Morgan fingerprint density at radius 3 is 2.56 bits per heavy atom. The highest BCUT2D eigenvalue weighted by Crippen LogP contribution is 2.14. The fraction of sp³-hybridized carbons (Fsp3) is 0.500. The Balaban J connectivity index is 2.42. The smallest absolute Gasteiger partial charge is 0.328 e. The minimum atomic E-state index is -0.912. The number of hydrogen-bond acceptors (Lipinski definition) is 2. The first-order valence-electron chi connectivity index (χ1n) is 2.46. The Morgan fingerprint density at radius 2 is 2.44 bits per heavy atom. The first kappa shape index (κ1) is 5.87. The van der Waals surface area contributed by atoms with E-state index in [2.05, 4.69) is 0 Å². The van der Waals surface area contributed by atoms with Crippen molar-refractivity contribution in [1.82, 2.24) is 4.90 Å². The number of rotatable bonds is 1. The molecule has 0 radical (unpaired) electrons. The topological polar surface area (TPSA) is 90.2 Å². The molecule has 1 heterocycles. The number of aliphatic carboxylic acids is 1. The maximum Gasteiger partial charge on any atom is 0.328 e. The molecule has 50 valence electrons. The first-order chi connectivity index (χ1) is 4.13. The van der Waals surface area contributed by atoms with Gasteiger partial charge in [0.25, 0.3) is 0 Å². The number of nitrogens with two attached hydrogens (primary N) is 1. The number of carboxylic acids is 1. The highest BCUT2D eigenvalue weighted by molar-refractivity contribution is 5.88. The quantitative estimate of drug-likeness (QED) is 0.232. The summed E-state index contributed by atoms with van der Waals surface area (Å²) in [5, 5.41) is 15.1. The van der Waals surface area contributed by atoms with Crippen LogP contribution in [0.3, 0.4) is 0 Å². The molecule has 0 saturated carbocycles. The third kappa shape index (κ3) is 0.933. The molecule has 0 aromatic heterocycles. The van der Waals surface area contributed by atoms with Crippen molar-refractivity contribution in [2.45, 2.75) is 6.04 Å². The number of guanidine groups is 1. The lowest BCUT2D eigenvalue weighted by Gasteiger charge is -1.95. The molecule has 9 heavy (non-hydrogen) atoms. The molecule has 1 rings (SSSR count). The van der Waals surface area contributed by atoms with Crippen LogP contribution in [0.5, 0.6) is 0 Å². The Morgan fingerprint density at radius 1 is 1.89 bits per heavy atom. The molecule has 5 heteroatoms. The summed E-state index contributed by atoms with van der Waals surface area (Å²) in [6, 6.07) is -0.539. The molecular weight excluding hydrogens is 122 g/mol. The van der Waals surface area contributed by atoms with Crippen LogP contribution in [0, 0.1) is 5.41 Å². The zero-order valence-electron chi connectivity index (χ0n) is 4.66. The van der Waals surface area contributed by atoms with Gasteiger partial charge in [0.15, 0.2) is 5.96 Å². The predicted molar refractivity (Wildman–Crippen MR) is 30.0 cm³/mol. The molecule has 1 saturated heterocycles. The van der Waals surface area contributed by atoms with E-state index in [0.29, 0.717) is 6.54 Å². The van der Waals surface area contributed by atoms with Crippen LogP contribution in [0.15, 0.2) is 0 Å². The fourth-order valence-corrected chi connectivity index (χ4v) is 0.617. The van der Waals surface area contributed by atoms with Crippen molar-refractivity contribution >= 4 is 11.9 Å². The van der Waals surface area contributed by atoms with E-state index in [1.807, 2.05) is 0 Å². The van der Waals surface area contributed by atoms with Crippen LogP contribution in [-0.2, 0) is 4.79 Å². The van der Waals surface area contributed by atoms with Gasteiger partial charge in [-0.15, -0.1) is 0 Å². The molecule has 4 N–H and O–H groups in total. The molecule has 5 nitrogen and oxygen atoms in total. The van der Waals surface area contributed by atoms with Crippen molar-refractivity contribution in [3.63, 3.8) is 0 Å². The third-order valence-electron chi connectivity index (χ3n) is 1.21. The Hall–Kier alpha value is -1.26. The molecular formula is C4H7N3O2. The van der Waals surface area contributed by atoms with E-state index in [1.54, 1.807) is 0 Å². The van der Waals surface area contributed by atoms with E-state index in [-0.39, 0.29) is 5.96 Å². The van der Waals surface area contributed by atoms with Crippen LogP contribution < -0.4 is 5.73 Å². The highest BCUT2D eigenvalue weighted by atomic mass is 16.4. The van der Waals surface area contributed by atoms with Gasteiger partial charge in [-0.3, -0.25) is 5.41 Å². The largest absolute Gasteiger partial charge is 0.480 e. The Labute approximate surface area is 51.6 Å². The van der Waals surface area contributed by atoms with Crippen LogP contribution in [0.25, 0.3) is 0 Å². The van der Waals surface area contributed by atoms with Crippen LogP contribution in [0.4, 0.5) is 0 Å². The van der Waals surface area contributed by atoms with Gasteiger partial charge in [-0.2, -0.15) is 0 Å². The van der Waals surface area contributed by atoms with Crippen molar-refractivity contribution in [2.75, 3.05) is 6.54 Å². The molecule has 0 aliphatic carbocycles. The second-order valence-electron chi connectivity index (χ2n) is 1.89. The summed E-state index contributed by atoms with van der Waals surface area (Å²) in [7, 11) is 0. The van der Waals surface area contributed by atoms with Crippen molar-refractivity contribution in [3.05, 3.63) is 0 Å². The SMILES string of the molecule is N=C(N)N1CC1C(=O)O. The van der Waals surface area contributed by atoms with Gasteiger partial charge in [0.2, 0.25) is 0 Å². The molecule has 0 spiro atoms. The maximum absolute atomic E-state index is 10.1. The Bertz CT molecular complexity index is 149. The van der Waals surface area contributed by atoms with Gasteiger partial charge in [0, 0.05) is 0 Å². The normalized spacial score (nSPS) is 23.6. The Kier molecular flexibility index (Phi) is 1.05. The molecule has 1 aliphatic heterocycles. The summed E-state index contributed by atoms with van der Waals surface area (Å²) >= 11 is 0. The van der Waals surface area contributed by atoms with E-state index in [9.17, 15) is 4.79 Å². The number of nitrogens with one attached hydrogen (secondary N) is 1. The van der Waals surface area contributed by atoms with Gasteiger partial charge in [-0.1, -0.05) is 0 Å². The van der Waals surface area contributed by atoms with Gasteiger partial charge < -0.3 is 15.7 Å². The summed E-state index contributed by atoms with van der Waals surface area (Å²) in [6.07, 6.45) is 0. The summed E-state index contributed by atoms with van der Waals surface area (Å²) in [4.78, 5) is 11.4. The number of hydrogen-bond donors (Lipinski definition) is 3. The molecule has 1 unspecified atom stereocenters. The van der Waals surface area contributed by atoms with Crippen LogP contribution in [0.2, 0.25) is 0 Å². The predicted octanol–water partition coefficient (Wildman–Crippen LogP) is -1.35. The number of carbonyl (C=O) groups is 1. The van der Waals surface area contributed by atoms with Crippen molar-refractivity contribution < 1.29 is 9.90 Å². The first-order valence-corrected chi connectivity index (χ1v) is 2.46. The molecule has 0 amide bonds. The number of carboxylic acid groups (broad SMARTS) is 1. The van der Waals surface area contributed by atoms with E-state index in [0.717, 1.165) is 0 Å². The van der Waals surface area contributed by atoms with E-state index in [4.69, 9.17) is 16.2 Å². The number of nitrogens with zero attached hydrogens (tertiary/aromatic N) is 1. The molecule has 1 fully saturated rings. The molecule has 1 atom stereocenters. The second kappa shape index (κ2) is 1.61. The van der Waals surface area contributed by atoms with E-state index < -0.39 is 12.0 Å². The zero-order chi connectivity index (χ0) is 7.02. The van der Waals surface area contributed by atoms with Gasteiger partial charge >= 0.3 is 5.97 Å². The van der Waals surface area contributed by atoms with Crippen molar-refractivity contribution in [3.8, 4) is 0 Å². The van der Waals surface area contributed by atoms with Gasteiger partial charge in [0.1, 0.15) is 6.04 Å². The molecule has 0 aromatic carbocycles. The maximum atomic E-state index is 10.1. The standard InChI is InChI=1S/C4H7N3O2/c5-4(6)7-1-2(7)3(8)9/h2H,1H2,(H3,5,6)(H,8,9). The molecule has 1 aliphatic rings. The van der Waals surface area contributed by atoms with Crippen molar-refractivity contribution in [2.24, 2.45) is 5.73 Å². The lowest BCUT2D eigenvalue weighted by Crippen LogP contribution is -2.24. The average Bonchev–Trinajstić information content (AvgIpc) is 2.39. The van der Waals surface area contributed by atoms with E-state index in [1.165, 1.54) is 4.90 Å². The second-order valence-corrected chi connectivity index (χ2v) is 1.89. The fourth-order valence-electron chi connectivity index (χ4n) is 0.617. The lowest BCUT2D eigenvalue weighted by molar-refractivity contribution is -0.136. The van der Waals surface area contributed by atoms with E-state index >= 15 is 0 Å². The molecule has 0 aromatic rings. The minimum absolute atomic E-state index is 0.164. The molecule has 0 bridgehead atoms. The lowest BCUT2D eigenvalue weighted by atomic mass is 10.5. The minimum Gasteiger partial charge on any atom is -0.480 e. The summed E-state index contributed by atoms with van der Waals surface area (Å²) in [5.41, 5.74) is 4.97. The van der Waals surface area contributed by atoms with Gasteiger partial charge in [0.05, 0.1) is 6.54 Å². The van der Waals surface area contributed by atoms with Crippen molar-refractivity contribution in [1.29, 1.82) is 5.41 Å². The monoisotopic (exact) mass is 129 g/mol. The van der Waals surface area contributed by atoms with Crippen LogP contribution in [0.1, 0.15) is 0 Å². The van der Waals surface area contributed by atoms with Crippen LogP contribution in [-0.4, -0.2) is 34.5 Å². The summed E-state index contributed by atoms with van der Waals surface area (Å²) < 4.78 is 0. The van der Waals surface area contributed by atoms with Gasteiger partial charge in [-0.25, -0.2) is 4.79 Å². The van der Waals surface area contributed by atoms with Crippen LogP contribution >= 0.6 is 0 Å². The zero-order valence-corrected chi connectivity index (χ0v) is 4.66. The van der Waals surface area contributed by atoms with Gasteiger partial charge in [-0.05, 0) is 0 Å². The summed E-state index contributed by atoms with van der Waals surface area (Å²) in [5.74, 6) is -1.08. The summed E-state index contributed by atoms with van der Waals surface area (Å²) in [6.45, 7) is 0.380. The average molecular weight is 129 g/mol.